The summed E-state index contributed by atoms with van der Waals surface area (Å²) >= 11 is 0. The van der Waals surface area contributed by atoms with Crippen molar-refractivity contribution in [3.05, 3.63) is 0 Å². The summed E-state index contributed by atoms with van der Waals surface area (Å²) in [6.45, 7) is -0.0266. The first-order valence-corrected chi connectivity index (χ1v) is 6.34. The second-order valence-corrected chi connectivity index (χ2v) is 5.29. The minimum atomic E-state index is -4.62. The number of rotatable bonds is 5. The molecule has 0 aromatic carbocycles. The lowest BCUT2D eigenvalue weighted by atomic mass is 9.80. The van der Waals surface area contributed by atoms with Crippen molar-refractivity contribution in [2.24, 2.45) is 0 Å². The van der Waals surface area contributed by atoms with Crippen LogP contribution in [0.25, 0.3) is 0 Å². The molecule has 1 aliphatic rings. The second kappa shape index (κ2) is 6.07. The average molecular weight is 284 g/mol. The molecule has 1 aliphatic carbocycles. The fraction of sp³-hybridized carbons (Fsp3) is 0.917. The van der Waals surface area contributed by atoms with E-state index < -0.39 is 23.8 Å². The summed E-state index contributed by atoms with van der Waals surface area (Å²) in [5, 5.41) is 1.99. The van der Waals surface area contributed by atoms with E-state index in [1.54, 1.807) is 0 Å². The third kappa shape index (κ3) is 3.58. The van der Waals surface area contributed by atoms with Crippen LogP contribution in [0.5, 0.6) is 0 Å². The second-order valence-electron chi connectivity index (χ2n) is 5.29. The Kier molecular flexibility index (Phi) is 5.18. The molecule has 0 bridgehead atoms. The highest BCUT2D eigenvalue weighted by molar-refractivity contribution is 5.83. The van der Waals surface area contributed by atoms with Gasteiger partial charge in [-0.3, -0.25) is 4.79 Å². The maximum atomic E-state index is 12.8. The summed E-state index contributed by atoms with van der Waals surface area (Å²) in [5.41, 5.74) is -0.411. The Balaban J connectivity index is 2.65. The minimum Gasteiger partial charge on any atom is -0.349 e. The fourth-order valence-corrected chi connectivity index (χ4v) is 2.45. The van der Waals surface area contributed by atoms with Crippen LogP contribution in [0, 0.1) is 0 Å². The maximum absolute atomic E-state index is 12.8. The van der Waals surface area contributed by atoms with Crippen LogP contribution in [0.15, 0.2) is 0 Å². The van der Waals surface area contributed by atoms with Gasteiger partial charge in [0, 0.05) is 12.1 Å². The first-order valence-electron chi connectivity index (χ1n) is 6.34. The van der Waals surface area contributed by atoms with Gasteiger partial charge in [0.2, 0.25) is 0 Å². The van der Waals surface area contributed by atoms with Crippen molar-refractivity contribution >= 4 is 5.91 Å². The Hall–Kier alpha value is -0.850. The van der Waals surface area contributed by atoms with Crippen molar-refractivity contribution in [3.8, 4) is 0 Å². The molecule has 0 saturated heterocycles. The van der Waals surface area contributed by atoms with Gasteiger partial charge < -0.3 is 10.2 Å². The number of carbonyl (C=O) groups excluding carboxylic acids is 1. The molecule has 0 aliphatic heterocycles. The summed E-state index contributed by atoms with van der Waals surface area (Å²) in [4.78, 5) is 13.0. The Morgan fingerprint density at radius 1 is 1.26 bits per heavy atom. The zero-order chi connectivity index (χ0) is 14.7. The monoisotopic (exact) mass is 284 g/mol. The smallest absolute Gasteiger partial charge is 0.349 e. The number of nitrogens with zero attached hydrogens (tertiary/aromatic N) is 1. The molecule has 0 unspecified atom stereocenters. The van der Waals surface area contributed by atoms with E-state index in [-0.39, 0.29) is 6.54 Å². The Labute approximate surface area is 110 Å². The molecule has 19 heavy (non-hydrogen) atoms. The molecule has 3 nitrogen and oxygen atoms in total. The molecule has 0 aromatic rings. The van der Waals surface area contributed by atoms with Gasteiger partial charge in [0.25, 0.3) is 5.91 Å². The highest BCUT2D eigenvalue weighted by atomic mass is 19.3. The van der Waals surface area contributed by atoms with Crippen molar-refractivity contribution in [2.45, 2.75) is 50.0 Å². The van der Waals surface area contributed by atoms with E-state index in [0.29, 0.717) is 0 Å². The summed E-state index contributed by atoms with van der Waals surface area (Å²) in [6.07, 6.45) is 0.505. The van der Waals surface area contributed by atoms with Crippen molar-refractivity contribution in [2.75, 3.05) is 20.6 Å². The van der Waals surface area contributed by atoms with Crippen LogP contribution in [0.3, 0.4) is 0 Å². The lowest BCUT2D eigenvalue weighted by Crippen LogP contribution is -2.56. The van der Waals surface area contributed by atoms with E-state index in [4.69, 9.17) is 0 Å². The van der Waals surface area contributed by atoms with Gasteiger partial charge >= 0.3 is 12.3 Å². The third-order valence-electron chi connectivity index (χ3n) is 3.89. The van der Waals surface area contributed by atoms with E-state index >= 15 is 0 Å². The van der Waals surface area contributed by atoms with Gasteiger partial charge in [-0.05, 0) is 26.9 Å². The zero-order valence-electron chi connectivity index (χ0n) is 11.2. The van der Waals surface area contributed by atoms with Crippen LogP contribution in [0.4, 0.5) is 17.6 Å². The molecular weight excluding hydrogens is 264 g/mol. The highest BCUT2D eigenvalue weighted by Crippen LogP contribution is 2.32. The molecule has 1 amide bonds. The number of hydrogen-bond donors (Lipinski definition) is 1. The van der Waals surface area contributed by atoms with Crippen LogP contribution < -0.4 is 5.32 Å². The quantitative estimate of drug-likeness (QED) is 0.785. The van der Waals surface area contributed by atoms with Crippen molar-refractivity contribution in [1.82, 2.24) is 10.2 Å². The third-order valence-corrected chi connectivity index (χ3v) is 3.89. The van der Waals surface area contributed by atoms with E-state index in [1.807, 2.05) is 24.3 Å². The van der Waals surface area contributed by atoms with Crippen molar-refractivity contribution in [3.63, 3.8) is 0 Å². The largest absolute Gasteiger partial charge is 0.383 e. The first kappa shape index (κ1) is 16.2. The van der Waals surface area contributed by atoms with Gasteiger partial charge in [0.15, 0.2) is 0 Å². The zero-order valence-corrected chi connectivity index (χ0v) is 11.2. The van der Waals surface area contributed by atoms with Crippen LogP contribution in [0.2, 0.25) is 0 Å². The lowest BCUT2D eigenvalue weighted by molar-refractivity contribution is -0.170. The van der Waals surface area contributed by atoms with Crippen LogP contribution in [-0.2, 0) is 4.79 Å². The molecule has 0 radical (unpaired) electrons. The molecule has 7 heteroatoms. The highest BCUT2D eigenvalue weighted by Gasteiger charge is 2.49. The molecule has 0 heterocycles. The molecule has 1 fully saturated rings. The normalized spacial score (nSPS) is 19.8. The van der Waals surface area contributed by atoms with Gasteiger partial charge in [-0.25, -0.2) is 8.78 Å². The van der Waals surface area contributed by atoms with E-state index in [0.717, 1.165) is 32.1 Å². The van der Waals surface area contributed by atoms with Crippen LogP contribution in [0.1, 0.15) is 32.1 Å². The molecule has 1 rings (SSSR count). The predicted octanol–water partition coefficient (Wildman–Crippen LogP) is 2.27. The molecule has 1 N–H and O–H groups in total. The molecule has 0 spiro atoms. The molecule has 112 valence electrons. The number of carbonyl (C=O) groups is 1. The van der Waals surface area contributed by atoms with Crippen LogP contribution >= 0.6 is 0 Å². The van der Waals surface area contributed by atoms with Gasteiger partial charge in [-0.1, -0.05) is 19.3 Å². The van der Waals surface area contributed by atoms with Crippen molar-refractivity contribution in [1.29, 1.82) is 0 Å². The standard InChI is InChI=1S/C12H20F4N2O/c1-18(2)11(6-4-3-5-7-11)8-17-10(19)12(15,16)9(13)14/h9H,3-8H2,1-2H3,(H,17,19). The molecular formula is C12H20F4N2O. The van der Waals surface area contributed by atoms with E-state index in [9.17, 15) is 22.4 Å². The molecule has 1 saturated carbocycles. The topological polar surface area (TPSA) is 32.3 Å². The number of hydrogen-bond acceptors (Lipinski definition) is 2. The van der Waals surface area contributed by atoms with Gasteiger partial charge in [0.05, 0.1) is 0 Å². The van der Waals surface area contributed by atoms with Gasteiger partial charge in [-0.15, -0.1) is 0 Å². The number of nitrogens with one attached hydrogen (secondary N) is 1. The van der Waals surface area contributed by atoms with E-state index in [2.05, 4.69) is 0 Å². The molecule has 0 aromatic heterocycles. The average Bonchev–Trinajstić information content (AvgIpc) is 2.36. The summed E-state index contributed by atoms with van der Waals surface area (Å²) < 4.78 is 49.8. The predicted molar refractivity (Wildman–Crippen MR) is 63.5 cm³/mol. The summed E-state index contributed by atoms with van der Waals surface area (Å²) in [5.74, 6) is -6.52. The summed E-state index contributed by atoms with van der Waals surface area (Å²) in [6, 6.07) is 0. The maximum Gasteiger partial charge on any atom is 0.383 e. The van der Waals surface area contributed by atoms with E-state index in [1.165, 1.54) is 0 Å². The number of alkyl halides is 4. The fourth-order valence-electron chi connectivity index (χ4n) is 2.45. The Bertz CT molecular complexity index is 315. The minimum absolute atomic E-state index is 0.0266. The SMILES string of the molecule is CN(C)C1(CNC(=O)C(F)(F)C(F)F)CCCCC1. The van der Waals surface area contributed by atoms with Gasteiger partial charge in [0.1, 0.15) is 0 Å². The number of likely N-dealkylation sites (N-methyl/N-ethyl adjacent to an activating group) is 1. The van der Waals surface area contributed by atoms with Crippen LogP contribution in [-0.4, -0.2) is 49.3 Å². The Morgan fingerprint density at radius 2 is 1.79 bits per heavy atom. The Morgan fingerprint density at radius 3 is 2.21 bits per heavy atom. The number of halogens is 4. The van der Waals surface area contributed by atoms with Gasteiger partial charge in [-0.2, -0.15) is 8.78 Å². The summed E-state index contributed by atoms with van der Waals surface area (Å²) in [7, 11) is 3.62. The first-order chi connectivity index (χ1) is 8.72. The molecule has 0 atom stereocenters. The lowest BCUT2D eigenvalue weighted by Gasteiger charge is -2.43. The number of amides is 1. The van der Waals surface area contributed by atoms with Crippen molar-refractivity contribution < 1.29 is 22.4 Å².